The summed E-state index contributed by atoms with van der Waals surface area (Å²) in [5, 5.41) is 9.72. The highest BCUT2D eigenvalue weighted by atomic mass is 35.5. The number of amides is 1. The van der Waals surface area contributed by atoms with E-state index in [2.05, 4.69) is 28.5 Å². The lowest BCUT2D eigenvalue weighted by Crippen LogP contribution is -2.35. The maximum Gasteiger partial charge on any atom is 0.242 e. The van der Waals surface area contributed by atoms with Crippen LogP contribution in [0, 0.1) is 6.92 Å². The number of carbonyl (C=O) groups is 1. The van der Waals surface area contributed by atoms with Crippen LogP contribution in [0.2, 0.25) is 0 Å². The molecule has 1 atom stereocenters. The number of H-pyrrole nitrogens is 1. The molecule has 0 bridgehead atoms. The maximum atomic E-state index is 11.8. The van der Waals surface area contributed by atoms with Crippen LogP contribution in [0.1, 0.15) is 24.6 Å². The second-order valence-corrected chi connectivity index (χ2v) is 5.75. The third kappa shape index (κ3) is 4.06. The van der Waals surface area contributed by atoms with E-state index < -0.39 is 6.04 Å². The van der Waals surface area contributed by atoms with E-state index in [-0.39, 0.29) is 18.3 Å². The fourth-order valence-corrected chi connectivity index (χ4v) is 2.59. The second-order valence-electron chi connectivity index (χ2n) is 4.46. The van der Waals surface area contributed by atoms with E-state index >= 15 is 0 Å². The predicted molar refractivity (Wildman–Crippen MR) is 85.4 cm³/mol. The zero-order valence-electron chi connectivity index (χ0n) is 11.5. The standard InChI is InChI=1S/C13H18N4OS.ClH/c1-3-4-9(14)13(18)15-12-7-10(16-17-12)11-6-5-8(2)19-11;/h5-7,9H,3-4,14H2,1-2H3,(H2,15,16,17,18);1H. The molecule has 0 aliphatic heterocycles. The number of nitrogens with zero attached hydrogens (tertiary/aromatic N) is 1. The van der Waals surface area contributed by atoms with Crippen LogP contribution in [0.4, 0.5) is 5.82 Å². The van der Waals surface area contributed by atoms with E-state index in [1.807, 2.05) is 19.1 Å². The number of carbonyl (C=O) groups excluding carboxylic acids is 1. The normalized spacial score (nSPS) is 11.8. The molecule has 0 spiro atoms. The van der Waals surface area contributed by atoms with Crippen molar-refractivity contribution in [2.45, 2.75) is 32.7 Å². The molecule has 0 aromatic carbocycles. The van der Waals surface area contributed by atoms with Gasteiger partial charge in [-0.25, -0.2) is 0 Å². The van der Waals surface area contributed by atoms with Gasteiger partial charge < -0.3 is 11.1 Å². The Morgan fingerprint density at radius 2 is 2.30 bits per heavy atom. The molecule has 2 aromatic rings. The summed E-state index contributed by atoms with van der Waals surface area (Å²) in [6.45, 7) is 4.05. The number of halogens is 1. The van der Waals surface area contributed by atoms with Crippen LogP contribution < -0.4 is 11.1 Å². The number of hydrogen-bond acceptors (Lipinski definition) is 4. The Labute approximate surface area is 128 Å². The van der Waals surface area contributed by atoms with E-state index in [1.165, 1.54) is 4.88 Å². The van der Waals surface area contributed by atoms with Crippen molar-refractivity contribution in [3.8, 4) is 10.6 Å². The lowest BCUT2D eigenvalue weighted by Gasteiger charge is -2.08. The van der Waals surface area contributed by atoms with Gasteiger partial charge in [-0.3, -0.25) is 9.89 Å². The topological polar surface area (TPSA) is 83.8 Å². The molecule has 2 rings (SSSR count). The zero-order chi connectivity index (χ0) is 13.8. The van der Waals surface area contributed by atoms with Crippen LogP contribution in [-0.2, 0) is 4.79 Å². The van der Waals surface area contributed by atoms with Crippen LogP contribution in [0.3, 0.4) is 0 Å². The average Bonchev–Trinajstić information content (AvgIpc) is 2.98. The molecule has 7 heteroatoms. The lowest BCUT2D eigenvalue weighted by molar-refractivity contribution is -0.117. The summed E-state index contributed by atoms with van der Waals surface area (Å²) in [5.41, 5.74) is 6.65. The number of anilines is 1. The van der Waals surface area contributed by atoms with Gasteiger partial charge >= 0.3 is 0 Å². The highest BCUT2D eigenvalue weighted by Crippen LogP contribution is 2.27. The molecule has 0 saturated carbocycles. The van der Waals surface area contributed by atoms with Crippen molar-refractivity contribution < 1.29 is 4.79 Å². The summed E-state index contributed by atoms with van der Waals surface area (Å²) < 4.78 is 0. The first-order chi connectivity index (χ1) is 9.10. The minimum Gasteiger partial charge on any atom is -0.320 e. The molecule has 2 heterocycles. The Hall–Kier alpha value is -1.37. The maximum absolute atomic E-state index is 11.8. The van der Waals surface area contributed by atoms with Crippen molar-refractivity contribution in [2.75, 3.05) is 5.32 Å². The minimum atomic E-state index is -0.478. The van der Waals surface area contributed by atoms with Crippen molar-refractivity contribution in [1.29, 1.82) is 0 Å². The van der Waals surface area contributed by atoms with E-state index in [0.29, 0.717) is 12.2 Å². The molecular weight excluding hydrogens is 296 g/mol. The molecule has 1 amide bonds. The number of nitrogens with one attached hydrogen (secondary N) is 2. The summed E-state index contributed by atoms with van der Waals surface area (Å²) in [5.74, 6) is 0.319. The lowest BCUT2D eigenvalue weighted by atomic mass is 10.2. The number of thiophene rings is 1. The van der Waals surface area contributed by atoms with Crippen molar-refractivity contribution in [3.05, 3.63) is 23.1 Å². The van der Waals surface area contributed by atoms with Crippen molar-refractivity contribution >= 4 is 35.5 Å². The molecule has 20 heavy (non-hydrogen) atoms. The first-order valence-corrected chi connectivity index (χ1v) is 7.10. The molecule has 110 valence electrons. The van der Waals surface area contributed by atoms with Gasteiger partial charge in [-0.15, -0.1) is 23.7 Å². The van der Waals surface area contributed by atoms with Gasteiger partial charge in [0.25, 0.3) is 0 Å². The van der Waals surface area contributed by atoms with Gasteiger partial charge in [0.05, 0.1) is 16.6 Å². The summed E-state index contributed by atoms with van der Waals surface area (Å²) in [4.78, 5) is 14.1. The Bertz CT molecular complexity index is 566. The Balaban J connectivity index is 0.00000200. The Morgan fingerprint density at radius 3 is 2.90 bits per heavy atom. The van der Waals surface area contributed by atoms with Gasteiger partial charge in [-0.05, 0) is 25.5 Å². The molecule has 0 radical (unpaired) electrons. The van der Waals surface area contributed by atoms with E-state index in [4.69, 9.17) is 5.73 Å². The predicted octanol–water partition coefficient (Wildman–Crippen LogP) is 2.93. The number of aromatic amines is 1. The Kier molecular flexibility index (Phi) is 6.19. The number of hydrogen-bond donors (Lipinski definition) is 3. The van der Waals surface area contributed by atoms with E-state index in [9.17, 15) is 4.79 Å². The third-order valence-corrected chi connectivity index (χ3v) is 3.81. The molecule has 2 aromatic heterocycles. The molecule has 1 unspecified atom stereocenters. The van der Waals surface area contributed by atoms with Gasteiger partial charge in [0, 0.05) is 10.9 Å². The summed E-state index contributed by atoms with van der Waals surface area (Å²) >= 11 is 1.68. The molecular formula is C13H19ClN4OS. The smallest absolute Gasteiger partial charge is 0.242 e. The third-order valence-electron chi connectivity index (χ3n) is 2.77. The van der Waals surface area contributed by atoms with Crippen molar-refractivity contribution in [3.63, 3.8) is 0 Å². The second kappa shape index (κ2) is 7.42. The molecule has 0 saturated heterocycles. The summed E-state index contributed by atoms with van der Waals surface area (Å²) in [6, 6.07) is 5.43. The molecule has 4 N–H and O–H groups in total. The van der Waals surface area contributed by atoms with Crippen molar-refractivity contribution in [1.82, 2.24) is 10.2 Å². The van der Waals surface area contributed by atoms with Gasteiger partial charge in [0.2, 0.25) is 5.91 Å². The van der Waals surface area contributed by atoms with Gasteiger partial charge in [-0.2, -0.15) is 5.10 Å². The highest BCUT2D eigenvalue weighted by Gasteiger charge is 2.14. The summed E-state index contributed by atoms with van der Waals surface area (Å²) in [6.07, 6.45) is 1.56. The minimum absolute atomic E-state index is 0. The number of rotatable bonds is 5. The summed E-state index contributed by atoms with van der Waals surface area (Å²) in [7, 11) is 0. The fraction of sp³-hybridized carbons (Fsp3) is 0.385. The largest absolute Gasteiger partial charge is 0.320 e. The first kappa shape index (κ1) is 16.7. The number of aromatic nitrogens is 2. The Morgan fingerprint density at radius 1 is 1.55 bits per heavy atom. The molecule has 5 nitrogen and oxygen atoms in total. The van der Waals surface area contributed by atoms with Crippen molar-refractivity contribution in [2.24, 2.45) is 5.73 Å². The molecule has 0 aliphatic rings. The monoisotopic (exact) mass is 314 g/mol. The fourth-order valence-electron chi connectivity index (χ4n) is 1.75. The van der Waals surface area contributed by atoms with E-state index in [0.717, 1.165) is 17.0 Å². The first-order valence-electron chi connectivity index (χ1n) is 6.28. The average molecular weight is 315 g/mol. The van der Waals surface area contributed by atoms with Crippen LogP contribution in [0.25, 0.3) is 10.6 Å². The number of aryl methyl sites for hydroxylation is 1. The van der Waals surface area contributed by atoms with Gasteiger partial charge in [-0.1, -0.05) is 13.3 Å². The SMILES string of the molecule is CCCC(N)C(=O)Nc1cc(-c2ccc(C)s2)[nH]n1.Cl. The van der Waals surface area contributed by atoms with Gasteiger partial charge in [0.15, 0.2) is 5.82 Å². The van der Waals surface area contributed by atoms with Crippen LogP contribution >= 0.6 is 23.7 Å². The highest BCUT2D eigenvalue weighted by molar-refractivity contribution is 7.15. The van der Waals surface area contributed by atoms with Crippen LogP contribution in [0.15, 0.2) is 18.2 Å². The molecule has 0 fully saturated rings. The van der Waals surface area contributed by atoms with E-state index in [1.54, 1.807) is 11.3 Å². The molecule has 0 aliphatic carbocycles. The van der Waals surface area contributed by atoms with Crippen LogP contribution in [0.5, 0.6) is 0 Å². The zero-order valence-corrected chi connectivity index (χ0v) is 13.1. The van der Waals surface area contributed by atoms with Gasteiger partial charge in [0.1, 0.15) is 0 Å². The quantitative estimate of drug-likeness (QED) is 0.793. The van der Waals surface area contributed by atoms with Crippen LogP contribution in [-0.4, -0.2) is 22.1 Å². The number of nitrogens with two attached hydrogens (primary N) is 1.